The zero-order valence-electron chi connectivity index (χ0n) is 5.86. The topological polar surface area (TPSA) is 9.23 Å². The zero-order chi connectivity index (χ0) is 6.78. The highest BCUT2D eigenvalue weighted by Crippen LogP contribution is 2.11. The molecule has 0 aromatic carbocycles. The number of hydrogen-bond acceptors (Lipinski definition) is 1. The Hall–Kier alpha value is 0.250. The van der Waals surface area contributed by atoms with Crippen LogP contribution in [0.2, 0.25) is 0 Å². The van der Waals surface area contributed by atoms with E-state index in [9.17, 15) is 0 Å². The molecule has 0 N–H and O–H groups in total. The van der Waals surface area contributed by atoms with Crippen molar-refractivity contribution in [1.82, 2.24) is 0 Å². The monoisotopic (exact) mass is 136 g/mol. The molecule has 0 saturated heterocycles. The molecule has 0 bridgehead atoms. The normalized spacial score (nSPS) is 16.1. The van der Waals surface area contributed by atoms with E-state index in [4.69, 9.17) is 16.3 Å². The van der Waals surface area contributed by atoms with Crippen LogP contribution in [0, 0.1) is 0 Å². The highest BCUT2D eigenvalue weighted by atomic mass is 35.5. The van der Waals surface area contributed by atoms with E-state index in [1.807, 2.05) is 27.7 Å². The molecule has 0 heterocycles. The molecule has 0 aliphatic rings. The standard InChI is InChI=1S/C6H13ClO/c1-5(7)8-6(2,3)4/h5H,1-4H3. The minimum absolute atomic E-state index is 0.110. The van der Waals surface area contributed by atoms with Crippen LogP contribution in [0.5, 0.6) is 0 Å². The molecule has 0 amide bonds. The van der Waals surface area contributed by atoms with Crippen molar-refractivity contribution in [3.63, 3.8) is 0 Å². The molecule has 0 aromatic heterocycles. The van der Waals surface area contributed by atoms with Gasteiger partial charge in [-0.2, -0.15) is 0 Å². The maximum absolute atomic E-state index is 5.54. The van der Waals surface area contributed by atoms with Crippen molar-refractivity contribution in [2.45, 2.75) is 38.9 Å². The molecule has 2 heteroatoms. The molecular formula is C6H13ClO. The number of alkyl halides is 1. The van der Waals surface area contributed by atoms with Crippen molar-refractivity contribution in [3.05, 3.63) is 0 Å². The predicted molar refractivity (Wildman–Crippen MR) is 36.2 cm³/mol. The quantitative estimate of drug-likeness (QED) is 0.503. The van der Waals surface area contributed by atoms with Crippen molar-refractivity contribution < 1.29 is 4.74 Å². The van der Waals surface area contributed by atoms with Crippen molar-refractivity contribution in [1.29, 1.82) is 0 Å². The SMILES string of the molecule is CC(Cl)OC(C)(C)C. The fourth-order valence-electron chi connectivity index (χ4n) is 0.487. The van der Waals surface area contributed by atoms with Gasteiger partial charge in [-0.3, -0.25) is 0 Å². The lowest BCUT2D eigenvalue weighted by Gasteiger charge is -2.20. The van der Waals surface area contributed by atoms with Gasteiger partial charge in [0.2, 0.25) is 0 Å². The first kappa shape index (κ1) is 8.25. The van der Waals surface area contributed by atoms with Crippen molar-refractivity contribution in [3.8, 4) is 0 Å². The molecule has 50 valence electrons. The molecule has 0 aliphatic carbocycles. The van der Waals surface area contributed by atoms with Crippen LogP contribution in [0.3, 0.4) is 0 Å². The van der Waals surface area contributed by atoms with E-state index in [-0.39, 0.29) is 11.2 Å². The summed E-state index contributed by atoms with van der Waals surface area (Å²) in [6, 6.07) is 0. The summed E-state index contributed by atoms with van der Waals surface area (Å²) >= 11 is 5.54. The Morgan fingerprint density at radius 2 is 1.75 bits per heavy atom. The molecule has 1 nitrogen and oxygen atoms in total. The summed E-state index contributed by atoms with van der Waals surface area (Å²) in [5, 5.41) is 0. The van der Waals surface area contributed by atoms with Crippen LogP contribution in [0.15, 0.2) is 0 Å². The van der Waals surface area contributed by atoms with Gasteiger partial charge in [-0.15, -0.1) is 0 Å². The van der Waals surface area contributed by atoms with Gasteiger partial charge >= 0.3 is 0 Å². The van der Waals surface area contributed by atoms with E-state index in [0.29, 0.717) is 0 Å². The molecule has 0 saturated carbocycles. The van der Waals surface area contributed by atoms with Crippen molar-refractivity contribution in [2.24, 2.45) is 0 Å². The smallest absolute Gasteiger partial charge is 0.129 e. The molecule has 0 fully saturated rings. The molecule has 0 aromatic rings. The van der Waals surface area contributed by atoms with E-state index in [2.05, 4.69) is 0 Å². The summed E-state index contributed by atoms with van der Waals surface area (Å²) in [7, 11) is 0. The Balaban J connectivity index is 3.39. The average molecular weight is 137 g/mol. The number of halogens is 1. The minimum Gasteiger partial charge on any atom is -0.357 e. The van der Waals surface area contributed by atoms with Gasteiger partial charge < -0.3 is 4.74 Å². The third kappa shape index (κ3) is 6.25. The van der Waals surface area contributed by atoms with Gasteiger partial charge in [0.25, 0.3) is 0 Å². The third-order valence-electron chi connectivity index (χ3n) is 0.516. The molecular weight excluding hydrogens is 124 g/mol. The Labute approximate surface area is 56.0 Å². The lowest BCUT2D eigenvalue weighted by Crippen LogP contribution is -2.22. The number of ether oxygens (including phenoxy) is 1. The van der Waals surface area contributed by atoms with Crippen LogP contribution in [-0.2, 0) is 4.74 Å². The Morgan fingerprint density at radius 1 is 1.38 bits per heavy atom. The Bertz CT molecular complexity index is 63.4. The summed E-state index contributed by atoms with van der Waals surface area (Å²) < 4.78 is 5.20. The largest absolute Gasteiger partial charge is 0.357 e. The first-order valence-electron chi connectivity index (χ1n) is 2.74. The lowest BCUT2D eigenvalue weighted by molar-refractivity contribution is -0.0149. The van der Waals surface area contributed by atoms with Gasteiger partial charge in [-0.25, -0.2) is 0 Å². The highest BCUT2D eigenvalue weighted by molar-refractivity contribution is 6.19. The summed E-state index contributed by atoms with van der Waals surface area (Å²) in [5.41, 5.74) is -0.295. The Kier molecular flexibility index (Phi) is 2.78. The second-order valence-electron chi connectivity index (χ2n) is 2.77. The van der Waals surface area contributed by atoms with Crippen LogP contribution in [0.25, 0.3) is 0 Å². The molecule has 0 spiro atoms. The van der Waals surface area contributed by atoms with Crippen LogP contribution in [0.4, 0.5) is 0 Å². The Morgan fingerprint density at radius 3 is 1.75 bits per heavy atom. The van der Waals surface area contributed by atoms with Gasteiger partial charge in [0.1, 0.15) is 5.56 Å². The van der Waals surface area contributed by atoms with E-state index in [1.54, 1.807) is 0 Å². The van der Waals surface area contributed by atoms with Gasteiger partial charge in [-0.05, 0) is 27.7 Å². The van der Waals surface area contributed by atoms with Gasteiger partial charge in [-0.1, -0.05) is 11.6 Å². The first-order chi connectivity index (χ1) is 3.42. The van der Waals surface area contributed by atoms with E-state index < -0.39 is 0 Å². The lowest BCUT2D eigenvalue weighted by atomic mass is 10.2. The maximum atomic E-state index is 5.54. The molecule has 0 aliphatic heterocycles. The van der Waals surface area contributed by atoms with Crippen LogP contribution >= 0.6 is 11.6 Å². The van der Waals surface area contributed by atoms with Crippen LogP contribution < -0.4 is 0 Å². The summed E-state index contributed by atoms with van der Waals surface area (Å²) in [6.45, 7) is 7.75. The van der Waals surface area contributed by atoms with Gasteiger partial charge in [0.05, 0.1) is 5.60 Å². The van der Waals surface area contributed by atoms with Gasteiger partial charge in [0.15, 0.2) is 0 Å². The number of hydrogen-bond donors (Lipinski definition) is 0. The summed E-state index contributed by atoms with van der Waals surface area (Å²) in [6.07, 6.45) is 0. The number of rotatable bonds is 1. The van der Waals surface area contributed by atoms with E-state index >= 15 is 0 Å². The third-order valence-corrected chi connectivity index (χ3v) is 0.605. The molecule has 1 atom stereocenters. The van der Waals surface area contributed by atoms with Gasteiger partial charge in [0, 0.05) is 0 Å². The van der Waals surface area contributed by atoms with Crippen LogP contribution in [-0.4, -0.2) is 11.2 Å². The fraction of sp³-hybridized carbons (Fsp3) is 1.00. The average Bonchev–Trinajstić information content (AvgIpc) is 1.21. The van der Waals surface area contributed by atoms with Crippen molar-refractivity contribution >= 4 is 11.6 Å². The minimum atomic E-state index is -0.185. The predicted octanol–water partition coefficient (Wildman–Crippen LogP) is 2.39. The second kappa shape index (κ2) is 2.70. The second-order valence-corrected chi connectivity index (χ2v) is 3.39. The first-order valence-corrected chi connectivity index (χ1v) is 3.17. The zero-order valence-corrected chi connectivity index (χ0v) is 6.62. The van der Waals surface area contributed by atoms with Crippen LogP contribution in [0.1, 0.15) is 27.7 Å². The molecule has 0 radical (unpaired) electrons. The van der Waals surface area contributed by atoms with E-state index in [1.165, 1.54) is 0 Å². The highest BCUT2D eigenvalue weighted by Gasteiger charge is 2.12. The molecule has 0 rings (SSSR count). The fourth-order valence-corrected chi connectivity index (χ4v) is 0.754. The molecule has 8 heavy (non-hydrogen) atoms. The maximum Gasteiger partial charge on any atom is 0.129 e. The van der Waals surface area contributed by atoms with Crippen molar-refractivity contribution in [2.75, 3.05) is 0 Å². The van der Waals surface area contributed by atoms with E-state index in [0.717, 1.165) is 0 Å². The summed E-state index contributed by atoms with van der Waals surface area (Å²) in [4.78, 5) is 0. The molecule has 1 unspecified atom stereocenters. The summed E-state index contributed by atoms with van der Waals surface area (Å²) in [5.74, 6) is 0.